The predicted molar refractivity (Wildman–Crippen MR) is 127 cm³/mol. The first-order chi connectivity index (χ1) is 17.2. The van der Waals surface area contributed by atoms with Gasteiger partial charge in [-0.15, -0.1) is 0 Å². The molecule has 1 aliphatic carbocycles. The van der Waals surface area contributed by atoms with Crippen LogP contribution in [0, 0.1) is 5.82 Å². The quantitative estimate of drug-likeness (QED) is 0.677. The standard InChI is InChI=1S/C26H27FN4O5/c1-15-3-10-21(16-4-6-18(27)7-5-16)31(15)22(32)14-30-23(33)26(36-25(30)35)12-11-17-13-19(8-9-20(17)26)29-24(34)28-2/h4-9,13,15,21H,3,10-12,14H2,1-2H3,(H2,28,29,34)/t15-,21-,26?/m1/s1. The first-order valence-corrected chi connectivity index (χ1v) is 12.0. The number of nitrogens with zero attached hydrogens (tertiary/aromatic N) is 2. The fourth-order valence-corrected chi connectivity index (χ4v) is 5.56. The molecule has 36 heavy (non-hydrogen) atoms. The lowest BCUT2D eigenvalue weighted by molar-refractivity contribution is -0.143. The molecule has 10 heteroatoms. The molecular formula is C26H27FN4O5. The molecule has 2 saturated heterocycles. The highest BCUT2D eigenvalue weighted by Crippen LogP contribution is 2.46. The van der Waals surface area contributed by atoms with Crippen molar-refractivity contribution in [2.45, 2.75) is 50.3 Å². The maximum absolute atomic E-state index is 13.5. The minimum atomic E-state index is -1.47. The van der Waals surface area contributed by atoms with E-state index in [-0.39, 0.29) is 36.3 Å². The zero-order chi connectivity index (χ0) is 25.6. The summed E-state index contributed by atoms with van der Waals surface area (Å²) in [5.41, 5.74) is 1.26. The van der Waals surface area contributed by atoms with Gasteiger partial charge in [0, 0.05) is 30.8 Å². The van der Waals surface area contributed by atoms with Crippen LogP contribution in [0.5, 0.6) is 0 Å². The van der Waals surface area contributed by atoms with Gasteiger partial charge < -0.3 is 20.3 Å². The summed E-state index contributed by atoms with van der Waals surface area (Å²) in [6.45, 7) is 1.50. The Labute approximate surface area is 207 Å². The Hall–Kier alpha value is -3.95. The molecule has 0 bridgehead atoms. The van der Waals surface area contributed by atoms with Crippen molar-refractivity contribution in [1.82, 2.24) is 15.1 Å². The van der Waals surface area contributed by atoms with Gasteiger partial charge >= 0.3 is 12.1 Å². The van der Waals surface area contributed by atoms with E-state index < -0.39 is 24.1 Å². The number of rotatable bonds is 4. The number of aryl methyl sites for hydroxylation is 1. The summed E-state index contributed by atoms with van der Waals surface area (Å²) in [5.74, 6) is -1.27. The van der Waals surface area contributed by atoms with Gasteiger partial charge in [-0.05, 0) is 61.6 Å². The number of carbonyl (C=O) groups is 4. The summed E-state index contributed by atoms with van der Waals surface area (Å²) in [7, 11) is 1.51. The number of carbonyl (C=O) groups excluding carboxylic acids is 4. The van der Waals surface area contributed by atoms with Crippen LogP contribution in [0.4, 0.5) is 19.7 Å². The average Bonchev–Trinajstić information content (AvgIpc) is 3.49. The Balaban J connectivity index is 1.35. The van der Waals surface area contributed by atoms with E-state index in [0.29, 0.717) is 24.1 Å². The van der Waals surface area contributed by atoms with Gasteiger partial charge in [-0.2, -0.15) is 0 Å². The molecule has 5 amide bonds. The molecule has 188 valence electrons. The first-order valence-electron chi connectivity index (χ1n) is 12.0. The molecule has 0 aromatic heterocycles. The summed E-state index contributed by atoms with van der Waals surface area (Å²) in [4.78, 5) is 53.9. The number of amides is 5. The van der Waals surface area contributed by atoms with E-state index in [1.165, 1.54) is 19.2 Å². The Morgan fingerprint density at radius 3 is 2.61 bits per heavy atom. The maximum Gasteiger partial charge on any atom is 0.418 e. The van der Waals surface area contributed by atoms with E-state index in [2.05, 4.69) is 10.6 Å². The number of halogens is 1. The Morgan fingerprint density at radius 1 is 1.14 bits per heavy atom. The van der Waals surface area contributed by atoms with Crippen LogP contribution in [-0.4, -0.2) is 53.4 Å². The number of fused-ring (bicyclic) bond motifs is 2. The summed E-state index contributed by atoms with van der Waals surface area (Å²) in [5, 5.41) is 5.16. The maximum atomic E-state index is 13.5. The molecule has 2 aromatic carbocycles. The second-order valence-corrected chi connectivity index (χ2v) is 9.46. The van der Waals surface area contributed by atoms with Crippen LogP contribution in [0.1, 0.15) is 48.9 Å². The van der Waals surface area contributed by atoms with E-state index in [4.69, 9.17) is 4.74 Å². The van der Waals surface area contributed by atoms with Crippen LogP contribution in [0.25, 0.3) is 0 Å². The molecule has 1 spiro atoms. The van der Waals surface area contributed by atoms with Crippen LogP contribution in [0.3, 0.4) is 0 Å². The van der Waals surface area contributed by atoms with Crippen molar-refractivity contribution >= 4 is 29.6 Å². The normalized spacial score (nSPS) is 24.8. The molecular weight excluding hydrogens is 467 g/mol. The molecule has 3 aliphatic rings. The summed E-state index contributed by atoms with van der Waals surface area (Å²) >= 11 is 0. The van der Waals surface area contributed by atoms with Gasteiger partial charge in [0.05, 0.1) is 6.04 Å². The van der Waals surface area contributed by atoms with Crippen molar-refractivity contribution in [3.8, 4) is 0 Å². The fourth-order valence-electron chi connectivity index (χ4n) is 5.56. The largest absolute Gasteiger partial charge is 0.427 e. The number of hydrogen-bond acceptors (Lipinski definition) is 5. The highest BCUT2D eigenvalue weighted by atomic mass is 19.1. The molecule has 2 N–H and O–H groups in total. The van der Waals surface area contributed by atoms with E-state index in [9.17, 15) is 23.6 Å². The zero-order valence-electron chi connectivity index (χ0n) is 20.0. The third-order valence-electron chi connectivity index (χ3n) is 7.35. The third-order valence-corrected chi connectivity index (χ3v) is 7.35. The van der Waals surface area contributed by atoms with Gasteiger partial charge in [0.25, 0.3) is 5.91 Å². The van der Waals surface area contributed by atoms with E-state index >= 15 is 0 Å². The lowest BCUT2D eigenvalue weighted by atomic mass is 9.94. The SMILES string of the molecule is CNC(=O)Nc1ccc2c(c1)CCC21OC(=O)N(CC(=O)N2[C@H](C)CC[C@@H]2c2ccc(F)cc2)C1=O. The van der Waals surface area contributed by atoms with Crippen LogP contribution in [-0.2, 0) is 26.3 Å². The van der Waals surface area contributed by atoms with Gasteiger partial charge in [0.1, 0.15) is 12.4 Å². The van der Waals surface area contributed by atoms with Crippen LogP contribution in [0.2, 0.25) is 0 Å². The van der Waals surface area contributed by atoms with Gasteiger partial charge in [0.2, 0.25) is 11.5 Å². The van der Waals surface area contributed by atoms with E-state index in [1.54, 1.807) is 35.2 Å². The topological polar surface area (TPSA) is 108 Å². The Bertz CT molecular complexity index is 1250. The van der Waals surface area contributed by atoms with Gasteiger partial charge in [0.15, 0.2) is 0 Å². The molecule has 1 unspecified atom stereocenters. The van der Waals surface area contributed by atoms with E-state index in [0.717, 1.165) is 22.4 Å². The van der Waals surface area contributed by atoms with Crippen molar-refractivity contribution in [2.75, 3.05) is 18.9 Å². The molecule has 9 nitrogen and oxygen atoms in total. The van der Waals surface area contributed by atoms with Crippen molar-refractivity contribution in [1.29, 1.82) is 0 Å². The number of likely N-dealkylation sites (tertiary alicyclic amines) is 1. The zero-order valence-corrected chi connectivity index (χ0v) is 20.0. The minimum Gasteiger partial charge on any atom is -0.427 e. The van der Waals surface area contributed by atoms with Crippen molar-refractivity contribution in [2.24, 2.45) is 0 Å². The number of anilines is 1. The number of nitrogens with one attached hydrogen (secondary N) is 2. The summed E-state index contributed by atoms with van der Waals surface area (Å²) < 4.78 is 19.1. The third kappa shape index (κ3) is 3.86. The Morgan fingerprint density at radius 2 is 1.89 bits per heavy atom. The van der Waals surface area contributed by atoms with Gasteiger partial charge in [-0.3, -0.25) is 9.59 Å². The molecule has 2 aliphatic heterocycles. The highest BCUT2D eigenvalue weighted by Gasteiger charge is 2.58. The van der Waals surface area contributed by atoms with E-state index in [1.807, 2.05) is 6.92 Å². The average molecular weight is 495 g/mol. The second-order valence-electron chi connectivity index (χ2n) is 9.46. The number of benzene rings is 2. The van der Waals surface area contributed by atoms with Crippen molar-refractivity contribution in [3.05, 3.63) is 65.0 Å². The van der Waals surface area contributed by atoms with Gasteiger partial charge in [-0.1, -0.05) is 18.2 Å². The number of imide groups is 1. The number of ether oxygens (including phenoxy) is 1. The molecule has 2 fully saturated rings. The molecule has 0 radical (unpaired) electrons. The molecule has 2 aromatic rings. The van der Waals surface area contributed by atoms with Crippen molar-refractivity contribution < 1.29 is 28.3 Å². The lowest BCUT2D eigenvalue weighted by Gasteiger charge is -2.30. The molecule has 3 atom stereocenters. The highest BCUT2D eigenvalue weighted by molar-refractivity contribution is 6.06. The number of hydrogen-bond donors (Lipinski definition) is 2. The second kappa shape index (κ2) is 8.92. The molecule has 0 saturated carbocycles. The lowest BCUT2D eigenvalue weighted by Crippen LogP contribution is -2.46. The predicted octanol–water partition coefficient (Wildman–Crippen LogP) is 3.45. The first kappa shape index (κ1) is 23.8. The van der Waals surface area contributed by atoms with Gasteiger partial charge in [-0.25, -0.2) is 18.9 Å². The number of urea groups is 1. The summed E-state index contributed by atoms with van der Waals surface area (Å²) in [6, 6.07) is 10.4. The van der Waals surface area contributed by atoms with Crippen LogP contribution < -0.4 is 10.6 Å². The molecule has 5 rings (SSSR count). The summed E-state index contributed by atoms with van der Waals surface area (Å²) in [6.07, 6.45) is 1.37. The fraction of sp³-hybridized carbons (Fsp3) is 0.385. The van der Waals surface area contributed by atoms with Crippen LogP contribution >= 0.6 is 0 Å². The van der Waals surface area contributed by atoms with Crippen molar-refractivity contribution in [3.63, 3.8) is 0 Å². The Kier molecular flexibility index (Phi) is 5.89. The smallest absolute Gasteiger partial charge is 0.418 e. The monoisotopic (exact) mass is 494 g/mol. The van der Waals surface area contributed by atoms with Crippen LogP contribution in [0.15, 0.2) is 42.5 Å². The molecule has 2 heterocycles. The minimum absolute atomic E-state index is 0.0892.